The third-order valence-electron chi connectivity index (χ3n) is 3.84. The minimum absolute atomic E-state index is 0.0691. The zero-order chi connectivity index (χ0) is 16.5. The number of sulfonamides is 1. The highest BCUT2D eigenvalue weighted by atomic mass is 32.2. The second-order valence-electron chi connectivity index (χ2n) is 5.97. The number of carbonyl (C=O) groups is 1. The Balaban J connectivity index is 2.19. The number of amides is 1. The fourth-order valence-corrected chi connectivity index (χ4v) is 3.50. The molecule has 124 valence electrons. The molecule has 1 aromatic heterocycles. The van der Waals surface area contributed by atoms with Gasteiger partial charge in [-0.25, -0.2) is 12.7 Å². The van der Waals surface area contributed by atoms with Gasteiger partial charge in [0.2, 0.25) is 10.0 Å². The minimum Gasteiger partial charge on any atom is -0.360 e. The summed E-state index contributed by atoms with van der Waals surface area (Å²) in [7, 11) is -3.22. The van der Waals surface area contributed by atoms with Crippen molar-refractivity contribution in [3.8, 4) is 0 Å². The Bertz CT molecular complexity index is 651. The molecular weight excluding hydrogens is 306 g/mol. The molecule has 22 heavy (non-hydrogen) atoms. The van der Waals surface area contributed by atoms with E-state index in [-0.39, 0.29) is 11.8 Å². The number of aryl methyl sites for hydroxylation is 1. The van der Waals surface area contributed by atoms with E-state index >= 15 is 0 Å². The summed E-state index contributed by atoms with van der Waals surface area (Å²) in [5.41, 5.74) is 1.10. The zero-order valence-corrected chi connectivity index (χ0v) is 14.3. The molecular formula is C14H23N3O4S. The van der Waals surface area contributed by atoms with Crippen molar-refractivity contribution in [3.63, 3.8) is 0 Å². The molecule has 1 aliphatic heterocycles. The Kier molecular flexibility index (Phi) is 4.91. The highest BCUT2D eigenvalue weighted by Gasteiger charge is 2.29. The van der Waals surface area contributed by atoms with Crippen LogP contribution in [0.25, 0.3) is 0 Å². The van der Waals surface area contributed by atoms with Gasteiger partial charge in [-0.05, 0) is 13.3 Å². The Morgan fingerprint density at radius 1 is 1.23 bits per heavy atom. The number of nitrogens with zero attached hydrogens (tertiary/aromatic N) is 3. The summed E-state index contributed by atoms with van der Waals surface area (Å²) >= 11 is 0. The first-order valence-corrected chi connectivity index (χ1v) is 9.27. The first-order valence-electron chi connectivity index (χ1n) is 7.42. The average Bonchev–Trinajstić information content (AvgIpc) is 2.65. The summed E-state index contributed by atoms with van der Waals surface area (Å²) in [6.07, 6.45) is 1.83. The van der Waals surface area contributed by atoms with Gasteiger partial charge in [-0.2, -0.15) is 0 Å². The lowest BCUT2D eigenvalue weighted by molar-refractivity contribution is 0.0760. The molecule has 1 aromatic rings. The number of hydrogen-bond donors (Lipinski definition) is 0. The van der Waals surface area contributed by atoms with Crippen molar-refractivity contribution in [1.82, 2.24) is 14.4 Å². The fraction of sp³-hybridized carbons (Fsp3) is 0.714. The molecule has 0 saturated carbocycles. The van der Waals surface area contributed by atoms with Crippen LogP contribution in [0.2, 0.25) is 0 Å². The van der Waals surface area contributed by atoms with E-state index in [0.717, 1.165) is 0 Å². The first kappa shape index (κ1) is 17.0. The summed E-state index contributed by atoms with van der Waals surface area (Å²) in [4.78, 5) is 14.5. The van der Waals surface area contributed by atoms with Gasteiger partial charge < -0.3 is 9.42 Å². The fourth-order valence-electron chi connectivity index (χ4n) is 2.63. The molecule has 0 radical (unpaired) electrons. The number of aromatic nitrogens is 1. The molecule has 1 aliphatic rings. The van der Waals surface area contributed by atoms with Crippen molar-refractivity contribution in [3.05, 3.63) is 17.0 Å². The summed E-state index contributed by atoms with van der Waals surface area (Å²) in [6, 6.07) is 0. The van der Waals surface area contributed by atoms with E-state index in [0.29, 0.717) is 49.6 Å². The lowest BCUT2D eigenvalue weighted by Gasteiger charge is -2.21. The maximum Gasteiger partial charge on any atom is 0.259 e. The highest BCUT2D eigenvalue weighted by Crippen LogP contribution is 2.24. The average molecular weight is 329 g/mol. The van der Waals surface area contributed by atoms with E-state index in [1.165, 1.54) is 10.6 Å². The van der Waals surface area contributed by atoms with Crippen LogP contribution in [0.15, 0.2) is 4.52 Å². The maximum absolute atomic E-state index is 12.8. The molecule has 7 nitrogen and oxygen atoms in total. The number of carbonyl (C=O) groups excluding carboxylic acids is 1. The molecule has 2 heterocycles. The third kappa shape index (κ3) is 3.49. The Morgan fingerprint density at radius 3 is 2.50 bits per heavy atom. The van der Waals surface area contributed by atoms with E-state index in [4.69, 9.17) is 4.52 Å². The van der Waals surface area contributed by atoms with Gasteiger partial charge in [0, 0.05) is 32.1 Å². The Morgan fingerprint density at radius 2 is 1.91 bits per heavy atom. The van der Waals surface area contributed by atoms with Crippen LogP contribution in [0.4, 0.5) is 0 Å². The lowest BCUT2D eigenvalue weighted by Crippen LogP contribution is -2.37. The predicted octanol–water partition coefficient (Wildman–Crippen LogP) is 1.21. The van der Waals surface area contributed by atoms with Crippen molar-refractivity contribution < 1.29 is 17.7 Å². The molecule has 0 bridgehead atoms. The van der Waals surface area contributed by atoms with Gasteiger partial charge in [0.05, 0.1) is 11.9 Å². The van der Waals surface area contributed by atoms with Gasteiger partial charge in [0.15, 0.2) is 5.76 Å². The molecule has 1 saturated heterocycles. The van der Waals surface area contributed by atoms with Gasteiger partial charge in [0.1, 0.15) is 5.56 Å². The SMILES string of the molecule is Cc1noc(C(C)C)c1C(=O)N1CCCN(S(C)(=O)=O)CC1. The van der Waals surface area contributed by atoms with E-state index in [1.54, 1.807) is 11.8 Å². The maximum atomic E-state index is 12.8. The van der Waals surface area contributed by atoms with Gasteiger partial charge in [-0.15, -0.1) is 0 Å². The lowest BCUT2D eigenvalue weighted by atomic mass is 10.0. The van der Waals surface area contributed by atoms with Gasteiger partial charge in [0.25, 0.3) is 5.91 Å². The molecule has 2 rings (SSSR count). The van der Waals surface area contributed by atoms with Crippen molar-refractivity contribution in [2.24, 2.45) is 0 Å². The quantitative estimate of drug-likeness (QED) is 0.832. The summed E-state index contributed by atoms with van der Waals surface area (Å²) < 4.78 is 30.0. The molecule has 0 spiro atoms. The van der Waals surface area contributed by atoms with Crippen LogP contribution in [0.1, 0.15) is 48.0 Å². The van der Waals surface area contributed by atoms with Crippen molar-refractivity contribution in [2.45, 2.75) is 33.1 Å². The molecule has 0 aliphatic carbocycles. The van der Waals surface area contributed by atoms with Gasteiger partial charge >= 0.3 is 0 Å². The second kappa shape index (κ2) is 6.37. The van der Waals surface area contributed by atoms with Crippen molar-refractivity contribution in [2.75, 3.05) is 32.4 Å². The molecule has 0 aromatic carbocycles. The smallest absolute Gasteiger partial charge is 0.259 e. The van der Waals surface area contributed by atoms with Crippen molar-refractivity contribution in [1.29, 1.82) is 0 Å². The Labute approximate surface area is 131 Å². The molecule has 0 N–H and O–H groups in total. The Hall–Kier alpha value is -1.41. The van der Waals surface area contributed by atoms with E-state index in [9.17, 15) is 13.2 Å². The topological polar surface area (TPSA) is 83.7 Å². The van der Waals surface area contributed by atoms with Crippen molar-refractivity contribution >= 4 is 15.9 Å². The molecule has 0 atom stereocenters. The first-order chi connectivity index (χ1) is 10.2. The minimum atomic E-state index is -3.22. The summed E-state index contributed by atoms with van der Waals surface area (Å²) in [5, 5.41) is 3.90. The normalized spacial score (nSPS) is 17.8. The monoisotopic (exact) mass is 329 g/mol. The summed E-state index contributed by atoms with van der Waals surface area (Å²) in [6.45, 7) is 7.34. The number of rotatable bonds is 3. The predicted molar refractivity (Wildman–Crippen MR) is 82.3 cm³/mol. The van der Waals surface area contributed by atoms with Crippen LogP contribution >= 0.6 is 0 Å². The van der Waals surface area contributed by atoms with E-state index < -0.39 is 10.0 Å². The molecule has 1 fully saturated rings. The van der Waals surface area contributed by atoms with E-state index in [2.05, 4.69) is 5.16 Å². The van der Waals surface area contributed by atoms with Crippen LogP contribution in [-0.4, -0.2) is 61.1 Å². The van der Waals surface area contributed by atoms with E-state index in [1.807, 2.05) is 13.8 Å². The zero-order valence-electron chi connectivity index (χ0n) is 13.5. The highest BCUT2D eigenvalue weighted by molar-refractivity contribution is 7.88. The standard InChI is InChI=1S/C14H23N3O4S/c1-10(2)13-12(11(3)15-21-13)14(18)16-6-5-7-17(9-8-16)22(4,19)20/h10H,5-9H2,1-4H3. The van der Waals surface area contributed by atoms with Crippen LogP contribution in [0.3, 0.4) is 0 Å². The second-order valence-corrected chi connectivity index (χ2v) is 7.95. The number of hydrogen-bond acceptors (Lipinski definition) is 5. The van der Waals surface area contributed by atoms with Gasteiger partial charge in [-0.3, -0.25) is 4.79 Å². The van der Waals surface area contributed by atoms with Crippen LogP contribution in [-0.2, 0) is 10.0 Å². The molecule has 0 unspecified atom stereocenters. The molecule has 1 amide bonds. The van der Waals surface area contributed by atoms with Crippen LogP contribution in [0.5, 0.6) is 0 Å². The van der Waals surface area contributed by atoms with Gasteiger partial charge in [-0.1, -0.05) is 19.0 Å². The third-order valence-corrected chi connectivity index (χ3v) is 5.14. The van der Waals surface area contributed by atoms with Crippen LogP contribution < -0.4 is 0 Å². The van der Waals surface area contributed by atoms with Crippen LogP contribution in [0, 0.1) is 6.92 Å². The largest absolute Gasteiger partial charge is 0.360 e. The molecule has 8 heteroatoms. The summed E-state index contributed by atoms with van der Waals surface area (Å²) in [5.74, 6) is 0.532.